The predicted octanol–water partition coefficient (Wildman–Crippen LogP) is 22.3. The minimum absolute atomic E-state index is 0.0187. The number of thiazole rings is 4. The summed E-state index contributed by atoms with van der Waals surface area (Å²) in [5, 5.41) is 46.5. The van der Waals surface area contributed by atoms with E-state index in [9.17, 15) is 0 Å². The topological polar surface area (TPSA) is 297 Å². The summed E-state index contributed by atoms with van der Waals surface area (Å²) in [5.74, 6) is 3.60. The molecule has 0 saturated heterocycles. The second-order valence-electron chi connectivity index (χ2n) is 39.5. The van der Waals surface area contributed by atoms with Crippen LogP contribution in [0.25, 0.3) is 0 Å². The number of nitrogens with zero attached hydrogens (tertiary/aromatic N) is 12. The van der Waals surface area contributed by atoms with Gasteiger partial charge < -0.3 is 76.5 Å². The Morgan fingerprint density at radius 3 is 1.25 bits per heavy atom. The molecule has 0 aliphatic heterocycles. The van der Waals surface area contributed by atoms with Gasteiger partial charge in [0.25, 0.3) is 6.01 Å². The van der Waals surface area contributed by atoms with Crippen LogP contribution >= 0.6 is 45.3 Å². The van der Waals surface area contributed by atoms with Gasteiger partial charge in [-0.1, -0.05) is 36.4 Å². The Balaban J connectivity index is 0.000000660. The third-order valence-electron chi connectivity index (χ3n) is 13.5. The van der Waals surface area contributed by atoms with E-state index in [4.69, 9.17) is 8.83 Å². The quantitative estimate of drug-likeness (QED) is 0.0428. The van der Waals surface area contributed by atoms with Gasteiger partial charge >= 0.3 is 0 Å². The monoisotopic (exact) mass is 1730 g/mol. The predicted molar refractivity (Wildman–Crippen MR) is 516 cm³/mol. The molecule has 0 amide bonds. The Bertz CT molecular complexity index is 3810. The van der Waals surface area contributed by atoms with E-state index in [1.165, 1.54) is 17.5 Å². The van der Waals surface area contributed by atoms with Crippen molar-refractivity contribution in [2.75, 3.05) is 31.9 Å². The van der Waals surface area contributed by atoms with Crippen molar-refractivity contribution in [3.8, 4) is 0 Å². The van der Waals surface area contributed by atoms with E-state index in [1.807, 2.05) is 124 Å². The van der Waals surface area contributed by atoms with E-state index in [-0.39, 0.29) is 60.9 Å². The number of hydrogen-bond donors (Lipinski definition) is 11. The van der Waals surface area contributed by atoms with E-state index in [2.05, 4.69) is 366 Å². The van der Waals surface area contributed by atoms with Crippen LogP contribution in [0.1, 0.15) is 256 Å². The van der Waals surface area contributed by atoms with Crippen molar-refractivity contribution in [3.05, 3.63) is 202 Å². The SMILES string of the molecule is CC(C)(C)NCc1ccccc1.CC(C)(C)NCc1ccccn1.CC(C)(C)NCc1ccncc1.CC(C)(C)NCc1cscn1.CC(C)(C)NCc1nccs1.CC(C)(C)Nc1cocn1.CC(C)(C)Nc1cscn1.CC(C)(C)Nc1ncco1.CC(C)(C)Nc1nccs1.Cn1ccnc1NC(C)(C)C.Cn1cnc(NC(C)(C)C)c1. The summed E-state index contributed by atoms with van der Waals surface area (Å²) in [4.78, 5) is 40.9. The van der Waals surface area contributed by atoms with E-state index in [0.717, 1.165) is 77.7 Å². The molecule has 0 fully saturated rings. The fourth-order valence-electron chi connectivity index (χ4n) is 8.26. The molecule has 120 heavy (non-hydrogen) atoms. The van der Waals surface area contributed by atoms with E-state index < -0.39 is 0 Å². The average Bonchev–Trinajstić information content (AvgIpc) is 1.74. The Hall–Kier alpha value is -8.52. The molecule has 11 N–H and O–H groups in total. The maximum Gasteiger partial charge on any atom is 0.294 e. The van der Waals surface area contributed by atoms with Crippen molar-refractivity contribution in [2.24, 2.45) is 14.1 Å². The minimum Gasteiger partial charge on any atom is -0.449 e. The first kappa shape index (κ1) is 109. The Morgan fingerprint density at radius 2 is 0.842 bits per heavy atom. The number of aromatic nitrogens is 12. The largest absolute Gasteiger partial charge is 0.449 e. The standard InChI is InChI=1S/C11H17N.2C10H16N2.2C8H15N3.2C8H14N2S.2C7H12N2O.2C7H12N2S/c1-11(2,3)12-9-10-7-5-4-6-8-10;1-10(2,3)12-8-9-4-6-11-7-5-9;1-10(2,3)12-8-9-6-4-5-7-11-9;1-8(2,3)10-7-5-11(4)6-9-7;1-8(2,3)10-7-9-5-6-11(7)4;1-8(2,3)10-4-7-5-11-6-9-7;1-8(2,3)10-6-7-9-4-5-11-7;1-7(2,3)9-6-4-10-5-8-6;1-7(2,3)9-6-8-4-5-10-6;1-7(2,3)9-6-4-10-5-8-6;1-7(2,3)9-6-8-4-5-10-6/h4-8,12H,9H2,1-3H3;2*4-7,12H,8H2,1-3H3;5-6,10H,1-4H3;5-6H,1-4H3,(H,9,10);5-6,10H,4H2,1-3H3;4-5,10H,6H2,1-3H3;4-5,9H,1-3H3;4-5H,1-3H3,(H,8,9);4-5,9H,1-3H3;4-5H,1-3H3,(H,8,9). The number of oxazole rings is 2. The number of rotatable bonds is 16. The average molecular weight is 1730 g/mol. The van der Waals surface area contributed by atoms with Gasteiger partial charge in [0.1, 0.15) is 29.2 Å². The smallest absolute Gasteiger partial charge is 0.294 e. The lowest BCUT2D eigenvalue weighted by Crippen LogP contribution is -2.35. The maximum absolute atomic E-state index is 4.99. The van der Waals surface area contributed by atoms with Gasteiger partial charge in [0.15, 0.2) is 17.3 Å². The van der Waals surface area contributed by atoms with Crippen molar-refractivity contribution >= 4 is 79.9 Å². The van der Waals surface area contributed by atoms with Gasteiger partial charge in [-0.15, -0.1) is 45.3 Å². The number of anilines is 6. The van der Waals surface area contributed by atoms with Crippen LogP contribution in [0.2, 0.25) is 0 Å². The van der Waals surface area contributed by atoms with Crippen molar-refractivity contribution in [1.29, 1.82) is 0 Å². The molecule has 0 bridgehead atoms. The molecule has 11 aromatic rings. The van der Waals surface area contributed by atoms with Crippen LogP contribution in [0, 0.1) is 0 Å². The van der Waals surface area contributed by atoms with E-state index in [1.54, 1.807) is 82.8 Å². The first-order chi connectivity index (χ1) is 55.2. The van der Waals surface area contributed by atoms with Gasteiger partial charge in [-0.2, -0.15) is 4.98 Å². The summed E-state index contributed by atoms with van der Waals surface area (Å²) >= 11 is 6.56. The molecule has 11 rings (SSSR count). The number of nitrogens with one attached hydrogen (secondary N) is 11. The summed E-state index contributed by atoms with van der Waals surface area (Å²) in [6.45, 7) is 74.6. The molecule has 0 unspecified atom stereocenters. The van der Waals surface area contributed by atoms with Crippen LogP contribution < -0.4 is 58.5 Å². The number of hydrogen-bond acceptors (Lipinski definition) is 27. The summed E-state index contributed by atoms with van der Waals surface area (Å²) in [6, 6.07) is 21.0. The van der Waals surface area contributed by atoms with Gasteiger partial charge in [-0.3, -0.25) is 9.97 Å². The molecule has 0 spiro atoms. The molecular weight excluding hydrogens is 1580 g/mol. The molecule has 0 atom stereocenters. The van der Waals surface area contributed by atoms with Crippen LogP contribution in [0.15, 0.2) is 183 Å². The second-order valence-corrected chi connectivity index (χ2v) is 42.9. The summed E-state index contributed by atoms with van der Waals surface area (Å²) < 4.78 is 13.7. The number of aryl methyl sites for hydroxylation is 2. The normalized spacial score (nSPS) is 11.6. The zero-order chi connectivity index (χ0) is 91.1. The maximum atomic E-state index is 4.99. The summed E-state index contributed by atoms with van der Waals surface area (Å²) in [5.41, 5.74) is 9.94. The van der Waals surface area contributed by atoms with E-state index >= 15 is 0 Å². The highest BCUT2D eigenvalue weighted by molar-refractivity contribution is 7.13. The lowest BCUT2D eigenvalue weighted by Gasteiger charge is -2.20. The summed E-state index contributed by atoms with van der Waals surface area (Å²) in [7, 11) is 3.93. The van der Waals surface area contributed by atoms with Crippen molar-refractivity contribution in [3.63, 3.8) is 0 Å². The second kappa shape index (κ2) is 53.4. The molecule has 1 aromatic carbocycles. The van der Waals surface area contributed by atoms with Crippen molar-refractivity contribution in [1.82, 2.24) is 85.6 Å². The van der Waals surface area contributed by atoms with Crippen LogP contribution in [-0.2, 0) is 46.8 Å². The molecular formula is C91H155N23O2S4. The third kappa shape index (κ3) is 69.2. The fraction of sp³-hybridized carbons (Fsp3) is 0.560. The molecule has 10 aromatic heterocycles. The zero-order valence-corrected chi connectivity index (χ0v) is 82.9. The molecule has 0 saturated carbocycles. The van der Waals surface area contributed by atoms with Gasteiger partial charge in [0.05, 0.1) is 34.9 Å². The molecule has 670 valence electrons. The highest BCUT2D eigenvalue weighted by Crippen LogP contribution is 2.19. The van der Waals surface area contributed by atoms with Crippen molar-refractivity contribution in [2.45, 2.75) is 322 Å². The van der Waals surface area contributed by atoms with Crippen LogP contribution in [0.5, 0.6) is 0 Å². The Morgan fingerprint density at radius 1 is 0.358 bits per heavy atom. The van der Waals surface area contributed by atoms with Crippen LogP contribution in [0.4, 0.5) is 34.5 Å². The fourth-order valence-corrected chi connectivity index (χ4v) is 10.6. The number of pyridine rings is 2. The Kier molecular flexibility index (Phi) is 48.7. The Labute approximate surface area is 739 Å². The van der Waals surface area contributed by atoms with Gasteiger partial charge in [-0.05, 0) is 264 Å². The highest BCUT2D eigenvalue weighted by Gasteiger charge is 2.17. The molecule has 29 heteroatoms. The first-order valence-electron chi connectivity index (χ1n) is 40.7. The minimum atomic E-state index is 0.0187. The summed E-state index contributed by atoms with van der Waals surface area (Å²) in [6.07, 6.45) is 22.7. The van der Waals surface area contributed by atoms with E-state index in [0.29, 0.717) is 6.01 Å². The zero-order valence-electron chi connectivity index (χ0n) is 79.6. The highest BCUT2D eigenvalue weighted by atomic mass is 32.1. The molecule has 0 aliphatic rings. The molecule has 0 aliphatic carbocycles. The van der Waals surface area contributed by atoms with Crippen LogP contribution in [0.3, 0.4) is 0 Å². The molecule has 0 radical (unpaired) electrons. The molecule has 10 heterocycles. The van der Waals surface area contributed by atoms with Gasteiger partial charge in [0, 0.05) is 179 Å². The van der Waals surface area contributed by atoms with Gasteiger partial charge in [0.2, 0.25) is 5.95 Å². The lowest BCUT2D eigenvalue weighted by molar-refractivity contribution is 0.421. The number of benzene rings is 1. The molecule has 25 nitrogen and oxygen atoms in total. The lowest BCUT2D eigenvalue weighted by atomic mass is 10.1. The van der Waals surface area contributed by atoms with Crippen molar-refractivity contribution < 1.29 is 8.83 Å². The van der Waals surface area contributed by atoms with Gasteiger partial charge in [-0.25, -0.2) is 34.9 Å². The van der Waals surface area contributed by atoms with Crippen LogP contribution in [-0.4, -0.2) is 120 Å². The number of imidazole rings is 2. The third-order valence-corrected chi connectivity index (χ3v) is 16.2. The first-order valence-corrected chi connectivity index (χ1v) is 44.3.